The Morgan fingerprint density at radius 3 is 2.55 bits per heavy atom. The van der Waals surface area contributed by atoms with Crippen molar-refractivity contribution in [3.05, 3.63) is 58.1 Å². The van der Waals surface area contributed by atoms with Crippen LogP contribution in [-0.2, 0) is 0 Å². The van der Waals surface area contributed by atoms with Crippen LogP contribution in [0.4, 0.5) is 10.8 Å². The lowest BCUT2D eigenvalue weighted by Crippen LogP contribution is -2.48. The molecular formula is C20H20N4O3S2. The van der Waals surface area contributed by atoms with Crippen molar-refractivity contribution in [1.82, 2.24) is 9.88 Å². The molecule has 3 aromatic rings. The van der Waals surface area contributed by atoms with E-state index in [0.29, 0.717) is 31.7 Å². The summed E-state index contributed by atoms with van der Waals surface area (Å²) >= 11 is 3.21. The van der Waals surface area contributed by atoms with Gasteiger partial charge in [-0.3, -0.25) is 14.9 Å². The highest BCUT2D eigenvalue weighted by atomic mass is 32.2. The molecule has 0 spiro atoms. The molecule has 2 heterocycles. The Balaban J connectivity index is 1.41. The molecule has 0 atom stereocenters. The van der Waals surface area contributed by atoms with Gasteiger partial charge in [0.15, 0.2) is 5.13 Å². The van der Waals surface area contributed by atoms with Crippen molar-refractivity contribution in [2.45, 2.75) is 11.8 Å². The van der Waals surface area contributed by atoms with Gasteiger partial charge in [0.1, 0.15) is 0 Å². The van der Waals surface area contributed by atoms with Crippen LogP contribution in [0.2, 0.25) is 0 Å². The van der Waals surface area contributed by atoms with Gasteiger partial charge < -0.3 is 9.80 Å². The molecule has 1 amide bonds. The predicted octanol–water partition coefficient (Wildman–Crippen LogP) is 4.28. The average molecular weight is 429 g/mol. The lowest BCUT2D eigenvalue weighted by Gasteiger charge is -2.34. The van der Waals surface area contributed by atoms with E-state index in [4.69, 9.17) is 0 Å². The van der Waals surface area contributed by atoms with E-state index in [9.17, 15) is 14.9 Å². The van der Waals surface area contributed by atoms with Crippen LogP contribution in [0, 0.1) is 10.1 Å². The Labute approximate surface area is 176 Å². The zero-order chi connectivity index (χ0) is 20.4. The van der Waals surface area contributed by atoms with Crippen LogP contribution in [0.25, 0.3) is 10.2 Å². The summed E-state index contributed by atoms with van der Waals surface area (Å²) in [6.45, 7) is 4.74. The average Bonchev–Trinajstić information content (AvgIpc) is 3.17. The highest BCUT2D eigenvalue weighted by molar-refractivity contribution is 7.99. The number of carbonyl (C=O) groups is 1. The number of nitrogens with zero attached hydrogens (tertiary/aromatic N) is 4. The van der Waals surface area contributed by atoms with Gasteiger partial charge >= 0.3 is 0 Å². The normalized spacial score (nSPS) is 14.4. The van der Waals surface area contributed by atoms with Crippen LogP contribution >= 0.6 is 23.1 Å². The standard InChI is InChI=1S/C20H20N4O3S2/c1-2-28-16-6-3-14(4-7-16)19(25)22-9-11-23(12-10-22)20-21-17-8-5-15(24(26)27)13-18(17)29-20/h3-8,13H,2,9-12H2,1H3. The number of piperazine rings is 1. The molecule has 0 aliphatic carbocycles. The van der Waals surface area contributed by atoms with Crippen LogP contribution < -0.4 is 4.90 Å². The van der Waals surface area contributed by atoms with Crippen LogP contribution in [-0.4, -0.2) is 52.6 Å². The molecule has 4 rings (SSSR count). The molecule has 0 N–H and O–H groups in total. The van der Waals surface area contributed by atoms with E-state index in [0.717, 1.165) is 21.1 Å². The zero-order valence-corrected chi connectivity index (χ0v) is 17.5. The number of hydrogen-bond acceptors (Lipinski definition) is 7. The molecule has 9 heteroatoms. The maximum absolute atomic E-state index is 12.8. The van der Waals surface area contributed by atoms with Crippen LogP contribution in [0.1, 0.15) is 17.3 Å². The van der Waals surface area contributed by atoms with E-state index in [-0.39, 0.29) is 11.6 Å². The number of benzene rings is 2. The van der Waals surface area contributed by atoms with Crippen molar-refractivity contribution >= 4 is 50.0 Å². The second-order valence-corrected chi connectivity index (χ2v) is 8.99. The summed E-state index contributed by atoms with van der Waals surface area (Å²) in [5.74, 6) is 1.06. The van der Waals surface area contributed by atoms with Crippen molar-refractivity contribution in [3.8, 4) is 0 Å². The fourth-order valence-corrected chi connectivity index (χ4v) is 5.01. The third-order valence-corrected chi connectivity index (χ3v) is 6.79. The minimum absolute atomic E-state index is 0.0534. The summed E-state index contributed by atoms with van der Waals surface area (Å²) in [6, 6.07) is 12.5. The monoisotopic (exact) mass is 428 g/mol. The van der Waals surface area contributed by atoms with Crippen LogP contribution in [0.15, 0.2) is 47.4 Å². The van der Waals surface area contributed by atoms with Crippen LogP contribution in [0.5, 0.6) is 0 Å². The topological polar surface area (TPSA) is 79.6 Å². The van der Waals surface area contributed by atoms with Gasteiger partial charge in [-0.1, -0.05) is 18.3 Å². The van der Waals surface area contributed by atoms with E-state index in [2.05, 4.69) is 16.8 Å². The van der Waals surface area contributed by atoms with Gasteiger partial charge in [-0.25, -0.2) is 4.98 Å². The molecule has 0 bridgehead atoms. The quantitative estimate of drug-likeness (QED) is 0.343. The molecule has 1 aliphatic rings. The van der Waals surface area contributed by atoms with E-state index in [1.54, 1.807) is 23.9 Å². The lowest BCUT2D eigenvalue weighted by atomic mass is 10.2. The number of anilines is 1. The maximum atomic E-state index is 12.8. The summed E-state index contributed by atoms with van der Waals surface area (Å²) in [5, 5.41) is 11.8. The first-order valence-electron chi connectivity index (χ1n) is 9.37. The maximum Gasteiger partial charge on any atom is 0.270 e. The summed E-state index contributed by atoms with van der Waals surface area (Å²) in [6.07, 6.45) is 0. The zero-order valence-electron chi connectivity index (χ0n) is 15.9. The number of fused-ring (bicyclic) bond motifs is 1. The molecule has 2 aromatic carbocycles. The van der Waals surface area contributed by atoms with E-state index < -0.39 is 4.92 Å². The summed E-state index contributed by atoms with van der Waals surface area (Å²) in [4.78, 5) is 33.1. The first kappa shape index (κ1) is 19.7. The van der Waals surface area contributed by atoms with Crippen molar-refractivity contribution in [2.75, 3.05) is 36.8 Å². The number of nitro groups is 1. The summed E-state index contributed by atoms with van der Waals surface area (Å²) < 4.78 is 0.803. The molecule has 1 saturated heterocycles. The second-order valence-electron chi connectivity index (χ2n) is 6.64. The fraction of sp³-hybridized carbons (Fsp3) is 0.300. The number of thiazole rings is 1. The molecule has 29 heavy (non-hydrogen) atoms. The van der Waals surface area contributed by atoms with Gasteiger partial charge in [0, 0.05) is 48.8 Å². The van der Waals surface area contributed by atoms with Gasteiger partial charge in [0.2, 0.25) is 0 Å². The van der Waals surface area contributed by atoms with Crippen molar-refractivity contribution in [2.24, 2.45) is 0 Å². The smallest absolute Gasteiger partial charge is 0.270 e. The molecule has 1 aliphatic heterocycles. The minimum Gasteiger partial charge on any atom is -0.345 e. The third-order valence-electron chi connectivity index (χ3n) is 4.82. The van der Waals surface area contributed by atoms with Gasteiger partial charge in [-0.05, 0) is 36.1 Å². The van der Waals surface area contributed by atoms with Gasteiger partial charge in [0.25, 0.3) is 11.6 Å². The molecule has 7 nitrogen and oxygen atoms in total. The molecule has 0 unspecified atom stereocenters. The molecule has 0 radical (unpaired) electrons. The highest BCUT2D eigenvalue weighted by Gasteiger charge is 2.24. The number of thioether (sulfide) groups is 1. The number of nitro benzene ring substituents is 1. The van der Waals surface area contributed by atoms with Crippen LogP contribution in [0.3, 0.4) is 0 Å². The predicted molar refractivity (Wildman–Crippen MR) is 117 cm³/mol. The number of aromatic nitrogens is 1. The molecule has 1 aromatic heterocycles. The summed E-state index contributed by atoms with van der Waals surface area (Å²) in [7, 11) is 0. The Hall–Kier alpha value is -2.65. The largest absolute Gasteiger partial charge is 0.345 e. The Kier molecular flexibility index (Phi) is 5.68. The number of hydrogen-bond donors (Lipinski definition) is 0. The van der Waals surface area contributed by atoms with E-state index >= 15 is 0 Å². The molecular weight excluding hydrogens is 408 g/mol. The van der Waals surface area contributed by atoms with Gasteiger partial charge in [-0.15, -0.1) is 11.8 Å². The SMILES string of the molecule is CCSc1ccc(C(=O)N2CCN(c3nc4ccc([N+](=O)[O-])cc4s3)CC2)cc1. The molecule has 0 saturated carbocycles. The minimum atomic E-state index is -0.392. The van der Waals surface area contributed by atoms with Crippen molar-refractivity contribution in [1.29, 1.82) is 0 Å². The molecule has 150 valence electrons. The van der Waals surface area contributed by atoms with E-state index in [1.165, 1.54) is 22.3 Å². The van der Waals surface area contributed by atoms with Gasteiger partial charge in [-0.2, -0.15) is 0 Å². The first-order chi connectivity index (χ1) is 14.0. The number of carbonyl (C=O) groups excluding carboxylic acids is 1. The second kappa shape index (κ2) is 8.38. The third kappa shape index (κ3) is 4.20. The van der Waals surface area contributed by atoms with Crippen molar-refractivity contribution < 1.29 is 9.72 Å². The fourth-order valence-electron chi connectivity index (χ4n) is 3.29. The number of rotatable bonds is 5. The van der Waals surface area contributed by atoms with E-state index in [1.807, 2.05) is 29.2 Å². The van der Waals surface area contributed by atoms with Crippen molar-refractivity contribution in [3.63, 3.8) is 0 Å². The Morgan fingerprint density at radius 1 is 1.17 bits per heavy atom. The van der Waals surface area contributed by atoms with Gasteiger partial charge in [0.05, 0.1) is 15.1 Å². The number of amides is 1. The number of non-ortho nitro benzene ring substituents is 1. The Bertz CT molecular complexity index is 1040. The first-order valence-corrected chi connectivity index (χ1v) is 11.2. The lowest BCUT2D eigenvalue weighted by molar-refractivity contribution is -0.384. The molecule has 1 fully saturated rings. The Morgan fingerprint density at radius 2 is 1.90 bits per heavy atom. The highest BCUT2D eigenvalue weighted by Crippen LogP contribution is 2.32. The summed E-state index contributed by atoms with van der Waals surface area (Å²) in [5.41, 5.74) is 1.55.